The molecule has 136 valence electrons. The van der Waals surface area contributed by atoms with Gasteiger partial charge in [0.1, 0.15) is 5.75 Å². The van der Waals surface area contributed by atoms with Crippen LogP contribution in [0.25, 0.3) is 0 Å². The Balaban J connectivity index is 1.75. The molecule has 0 aliphatic heterocycles. The zero-order valence-electron chi connectivity index (χ0n) is 14.6. The second-order valence-electron chi connectivity index (χ2n) is 5.67. The summed E-state index contributed by atoms with van der Waals surface area (Å²) in [7, 11) is 0. The summed E-state index contributed by atoms with van der Waals surface area (Å²) in [6.45, 7) is 3.45. The molecule has 0 radical (unpaired) electrons. The van der Waals surface area contributed by atoms with E-state index in [9.17, 15) is 9.59 Å². The largest absolute Gasteiger partial charge is 0.484 e. The quantitative estimate of drug-likeness (QED) is 0.532. The minimum atomic E-state index is -0.395. The Kier molecular flexibility index (Phi) is 7.35. The van der Waals surface area contributed by atoms with Crippen molar-refractivity contribution in [2.24, 2.45) is 5.10 Å². The second-order valence-corrected chi connectivity index (χ2v) is 6.53. The predicted octanol–water partition coefficient (Wildman–Crippen LogP) is 3.66. The predicted molar refractivity (Wildman–Crippen MR) is 105 cm³/mol. The summed E-state index contributed by atoms with van der Waals surface area (Å²) in [4.78, 5) is 23.7. The van der Waals surface area contributed by atoms with Gasteiger partial charge in [0.2, 0.25) is 5.91 Å². The zero-order valence-corrected chi connectivity index (χ0v) is 16.2. The first kappa shape index (κ1) is 19.7. The average Bonchev–Trinajstić information content (AvgIpc) is 2.61. The van der Waals surface area contributed by atoms with E-state index in [1.165, 1.54) is 0 Å². The Hall–Kier alpha value is -2.67. The second kappa shape index (κ2) is 9.72. The number of aryl methyl sites for hydroxylation is 1. The highest BCUT2D eigenvalue weighted by atomic mass is 79.9. The van der Waals surface area contributed by atoms with Gasteiger partial charge in [-0.15, -0.1) is 0 Å². The van der Waals surface area contributed by atoms with E-state index in [0.29, 0.717) is 17.1 Å². The van der Waals surface area contributed by atoms with E-state index in [1.54, 1.807) is 25.1 Å². The third-order valence-corrected chi connectivity index (χ3v) is 4.23. The summed E-state index contributed by atoms with van der Waals surface area (Å²) in [5.74, 6) is 0.00506. The van der Waals surface area contributed by atoms with Crippen molar-refractivity contribution in [1.82, 2.24) is 5.43 Å². The molecule has 7 heteroatoms. The molecule has 0 saturated carbocycles. The first-order valence-electron chi connectivity index (χ1n) is 8.00. The van der Waals surface area contributed by atoms with Crippen molar-refractivity contribution in [2.75, 3.05) is 11.9 Å². The minimum Gasteiger partial charge on any atom is -0.484 e. The molecule has 2 aromatic carbocycles. The highest BCUT2D eigenvalue weighted by Gasteiger charge is 2.06. The van der Waals surface area contributed by atoms with Gasteiger partial charge in [0.15, 0.2) is 6.61 Å². The highest BCUT2D eigenvalue weighted by Crippen LogP contribution is 2.21. The molecule has 0 atom stereocenters. The van der Waals surface area contributed by atoms with Crippen LogP contribution in [0.1, 0.15) is 18.9 Å². The third-order valence-electron chi connectivity index (χ3n) is 3.34. The molecule has 2 amide bonds. The number of rotatable bonds is 7. The Morgan fingerprint density at radius 3 is 2.54 bits per heavy atom. The van der Waals surface area contributed by atoms with Crippen LogP contribution in [-0.2, 0) is 9.59 Å². The summed E-state index contributed by atoms with van der Waals surface area (Å²) < 4.78 is 6.39. The van der Waals surface area contributed by atoms with Crippen LogP contribution in [0.4, 0.5) is 5.69 Å². The van der Waals surface area contributed by atoms with Crippen LogP contribution in [0.3, 0.4) is 0 Å². The number of para-hydroxylation sites is 1. The standard InChI is InChI=1S/C19H20BrN3O3/c1-13-10-16(8-9-17(13)20)26-12-19(25)23-22-14(2)11-18(24)21-15-6-4-3-5-7-15/h3-10H,11-12H2,1-2H3,(H,21,24)(H,23,25). The lowest BCUT2D eigenvalue weighted by Crippen LogP contribution is -2.26. The molecule has 0 aliphatic rings. The van der Waals surface area contributed by atoms with Crippen LogP contribution in [0, 0.1) is 6.92 Å². The lowest BCUT2D eigenvalue weighted by atomic mass is 10.2. The molecule has 2 rings (SSSR count). The average molecular weight is 418 g/mol. The van der Waals surface area contributed by atoms with Crippen LogP contribution < -0.4 is 15.5 Å². The fraction of sp³-hybridized carbons (Fsp3) is 0.211. The summed E-state index contributed by atoms with van der Waals surface area (Å²) in [6, 6.07) is 14.6. The van der Waals surface area contributed by atoms with Gasteiger partial charge in [0.05, 0.1) is 6.42 Å². The monoisotopic (exact) mass is 417 g/mol. The molecule has 2 N–H and O–H groups in total. The van der Waals surface area contributed by atoms with Crippen LogP contribution in [0.5, 0.6) is 5.75 Å². The Morgan fingerprint density at radius 1 is 1.12 bits per heavy atom. The smallest absolute Gasteiger partial charge is 0.277 e. The van der Waals surface area contributed by atoms with Crippen molar-refractivity contribution in [2.45, 2.75) is 20.3 Å². The molecule has 0 bridgehead atoms. The number of nitrogens with one attached hydrogen (secondary N) is 2. The number of carbonyl (C=O) groups excluding carboxylic acids is 2. The lowest BCUT2D eigenvalue weighted by Gasteiger charge is -2.07. The van der Waals surface area contributed by atoms with Crippen molar-refractivity contribution in [3.63, 3.8) is 0 Å². The van der Waals surface area contributed by atoms with E-state index in [0.717, 1.165) is 10.0 Å². The molecule has 0 aromatic heterocycles. The first-order valence-corrected chi connectivity index (χ1v) is 8.79. The number of benzene rings is 2. The van der Waals surface area contributed by atoms with E-state index in [-0.39, 0.29) is 18.9 Å². The number of hydrogen-bond donors (Lipinski definition) is 2. The normalized spacial score (nSPS) is 11.0. The summed E-state index contributed by atoms with van der Waals surface area (Å²) in [6.07, 6.45) is 0.0853. The molecule has 0 unspecified atom stereocenters. The van der Waals surface area contributed by atoms with Crippen molar-refractivity contribution in [3.05, 3.63) is 58.6 Å². The molecule has 0 spiro atoms. The van der Waals surface area contributed by atoms with Crippen LogP contribution in [0.15, 0.2) is 58.1 Å². The molecule has 0 aliphatic carbocycles. The van der Waals surface area contributed by atoms with Gasteiger partial charge >= 0.3 is 0 Å². The van der Waals surface area contributed by atoms with Crippen molar-refractivity contribution < 1.29 is 14.3 Å². The highest BCUT2D eigenvalue weighted by molar-refractivity contribution is 9.10. The van der Waals surface area contributed by atoms with E-state index in [4.69, 9.17) is 4.74 Å². The fourth-order valence-corrected chi connectivity index (χ4v) is 2.29. The molecule has 0 heterocycles. The Labute approximate surface area is 160 Å². The van der Waals surface area contributed by atoms with Gasteiger partial charge in [-0.05, 0) is 49.7 Å². The Bertz CT molecular complexity index is 807. The number of halogens is 1. The molecule has 26 heavy (non-hydrogen) atoms. The van der Waals surface area contributed by atoms with Gasteiger partial charge in [-0.2, -0.15) is 5.10 Å². The maximum atomic E-state index is 11.9. The van der Waals surface area contributed by atoms with E-state index in [2.05, 4.69) is 31.8 Å². The molecule has 6 nitrogen and oxygen atoms in total. The van der Waals surface area contributed by atoms with Crippen LogP contribution in [0.2, 0.25) is 0 Å². The van der Waals surface area contributed by atoms with Crippen molar-refractivity contribution in [3.8, 4) is 5.75 Å². The number of hydrazone groups is 1. The number of amides is 2. The van der Waals surface area contributed by atoms with Crippen molar-refractivity contribution >= 4 is 39.1 Å². The van der Waals surface area contributed by atoms with Crippen molar-refractivity contribution in [1.29, 1.82) is 0 Å². The van der Waals surface area contributed by atoms with Gasteiger partial charge in [0, 0.05) is 15.9 Å². The van der Waals surface area contributed by atoms with Gasteiger partial charge in [-0.3, -0.25) is 9.59 Å². The number of ether oxygens (including phenoxy) is 1. The number of anilines is 1. The van der Waals surface area contributed by atoms with Crippen LogP contribution >= 0.6 is 15.9 Å². The first-order chi connectivity index (χ1) is 12.4. The minimum absolute atomic E-state index is 0.0853. The molecular weight excluding hydrogens is 398 g/mol. The zero-order chi connectivity index (χ0) is 18.9. The third kappa shape index (κ3) is 6.68. The van der Waals surface area contributed by atoms with E-state index >= 15 is 0 Å². The van der Waals surface area contributed by atoms with E-state index < -0.39 is 5.91 Å². The topological polar surface area (TPSA) is 79.8 Å². The summed E-state index contributed by atoms with van der Waals surface area (Å²) >= 11 is 3.41. The summed E-state index contributed by atoms with van der Waals surface area (Å²) in [5.41, 5.74) is 4.60. The number of nitrogens with zero attached hydrogens (tertiary/aromatic N) is 1. The SMILES string of the molecule is CC(CC(=O)Nc1ccccc1)=NNC(=O)COc1ccc(Br)c(C)c1. The fourth-order valence-electron chi connectivity index (χ4n) is 2.04. The van der Waals surface area contributed by atoms with E-state index in [1.807, 2.05) is 37.3 Å². The van der Waals surface area contributed by atoms with Gasteiger partial charge < -0.3 is 10.1 Å². The Morgan fingerprint density at radius 2 is 1.85 bits per heavy atom. The van der Waals surface area contributed by atoms with Gasteiger partial charge in [-0.25, -0.2) is 5.43 Å². The maximum Gasteiger partial charge on any atom is 0.277 e. The molecule has 0 fully saturated rings. The lowest BCUT2D eigenvalue weighted by molar-refractivity contribution is -0.123. The maximum absolute atomic E-state index is 11.9. The number of hydrogen-bond acceptors (Lipinski definition) is 4. The molecule has 2 aromatic rings. The van der Waals surface area contributed by atoms with Crippen LogP contribution in [-0.4, -0.2) is 24.1 Å². The van der Waals surface area contributed by atoms with Gasteiger partial charge in [-0.1, -0.05) is 34.1 Å². The van der Waals surface area contributed by atoms with Gasteiger partial charge in [0.25, 0.3) is 5.91 Å². The summed E-state index contributed by atoms with van der Waals surface area (Å²) in [5, 5.41) is 6.67. The molecule has 0 saturated heterocycles. The number of carbonyl (C=O) groups is 2. The molecular formula is C19H20BrN3O3.